The zero-order valence-corrected chi connectivity index (χ0v) is 10.1. The Bertz CT molecular complexity index is 404. The number of fused-ring (bicyclic) bond motifs is 1. The molecular formula is C13H18N2O2. The molecule has 0 bridgehead atoms. The maximum atomic E-state index is 11.4. The molecule has 2 rings (SSSR count). The second-order valence-electron chi connectivity index (χ2n) is 4.12. The highest BCUT2D eigenvalue weighted by Gasteiger charge is 2.10. The van der Waals surface area contributed by atoms with Gasteiger partial charge in [0.15, 0.2) is 0 Å². The fourth-order valence-corrected chi connectivity index (χ4v) is 1.90. The van der Waals surface area contributed by atoms with Crippen molar-refractivity contribution in [3.05, 3.63) is 34.9 Å². The maximum absolute atomic E-state index is 11.4. The van der Waals surface area contributed by atoms with Gasteiger partial charge in [0.2, 0.25) is 5.91 Å². The Morgan fingerprint density at radius 2 is 2.24 bits per heavy atom. The van der Waals surface area contributed by atoms with Gasteiger partial charge in [-0.25, -0.2) is 0 Å². The molecule has 0 saturated carbocycles. The summed E-state index contributed by atoms with van der Waals surface area (Å²) < 4.78 is 5.04. The number of carbonyl (C=O) groups is 1. The Hall–Kier alpha value is -1.39. The Morgan fingerprint density at radius 1 is 1.41 bits per heavy atom. The van der Waals surface area contributed by atoms with Gasteiger partial charge in [-0.15, -0.1) is 0 Å². The molecule has 1 aromatic rings. The van der Waals surface area contributed by atoms with E-state index in [1.165, 1.54) is 11.1 Å². The van der Waals surface area contributed by atoms with E-state index in [2.05, 4.69) is 28.8 Å². The van der Waals surface area contributed by atoms with Crippen molar-refractivity contribution >= 4 is 5.91 Å². The summed E-state index contributed by atoms with van der Waals surface area (Å²) in [5.74, 6) is -0.0644. The molecule has 92 valence electrons. The van der Waals surface area contributed by atoms with Crippen LogP contribution < -0.4 is 10.6 Å². The third kappa shape index (κ3) is 3.28. The van der Waals surface area contributed by atoms with Gasteiger partial charge >= 0.3 is 0 Å². The Kier molecular flexibility index (Phi) is 4.12. The Labute approximate surface area is 101 Å². The quantitative estimate of drug-likeness (QED) is 0.797. The molecule has 0 aliphatic carbocycles. The van der Waals surface area contributed by atoms with Crippen LogP contribution in [0.4, 0.5) is 0 Å². The number of ether oxygens (including phenoxy) is 1. The number of carbonyl (C=O) groups excluding carboxylic acids is 1. The number of nitrogens with one attached hydrogen (secondary N) is 2. The normalized spacial score (nSPS) is 13.5. The number of hydrogen-bond donors (Lipinski definition) is 2. The zero-order valence-electron chi connectivity index (χ0n) is 10.1. The summed E-state index contributed by atoms with van der Waals surface area (Å²) in [5.41, 5.74) is 3.83. The van der Waals surface area contributed by atoms with Crippen molar-refractivity contribution < 1.29 is 9.53 Å². The van der Waals surface area contributed by atoms with E-state index < -0.39 is 0 Å². The van der Waals surface area contributed by atoms with Crippen molar-refractivity contribution in [2.75, 3.05) is 13.2 Å². The third-order valence-electron chi connectivity index (χ3n) is 2.83. The summed E-state index contributed by atoms with van der Waals surface area (Å²) in [6.07, 6.45) is 0. The monoisotopic (exact) mass is 234 g/mol. The molecule has 0 saturated heterocycles. The fourth-order valence-electron chi connectivity index (χ4n) is 1.90. The predicted octanol–water partition coefficient (Wildman–Crippen LogP) is 0.942. The molecule has 4 heteroatoms. The van der Waals surface area contributed by atoms with E-state index in [0.29, 0.717) is 13.2 Å². The SMILES string of the molecule is CCOCC(=O)NCc1ccc2c(c1)CNC2. The fraction of sp³-hybridized carbons (Fsp3) is 0.462. The van der Waals surface area contributed by atoms with Crippen LogP contribution in [0.25, 0.3) is 0 Å². The molecule has 1 amide bonds. The van der Waals surface area contributed by atoms with E-state index >= 15 is 0 Å². The lowest BCUT2D eigenvalue weighted by atomic mass is 10.1. The van der Waals surface area contributed by atoms with Gasteiger partial charge in [-0.2, -0.15) is 0 Å². The highest BCUT2D eigenvalue weighted by atomic mass is 16.5. The largest absolute Gasteiger partial charge is 0.372 e. The highest BCUT2D eigenvalue weighted by Crippen LogP contribution is 2.16. The molecule has 17 heavy (non-hydrogen) atoms. The van der Waals surface area contributed by atoms with Crippen LogP contribution in [0.2, 0.25) is 0 Å². The Balaban J connectivity index is 1.85. The molecule has 0 unspecified atom stereocenters. The molecular weight excluding hydrogens is 216 g/mol. The van der Waals surface area contributed by atoms with Crippen LogP contribution in [-0.2, 0) is 29.2 Å². The Morgan fingerprint density at radius 3 is 3.06 bits per heavy atom. The molecule has 0 atom stereocenters. The minimum atomic E-state index is -0.0644. The molecule has 0 spiro atoms. The average molecular weight is 234 g/mol. The van der Waals surface area contributed by atoms with Crippen molar-refractivity contribution in [3.8, 4) is 0 Å². The van der Waals surface area contributed by atoms with E-state index in [4.69, 9.17) is 4.74 Å². The van der Waals surface area contributed by atoms with E-state index in [1.807, 2.05) is 6.92 Å². The molecule has 1 aliphatic heterocycles. The van der Waals surface area contributed by atoms with Crippen molar-refractivity contribution in [1.82, 2.24) is 10.6 Å². The smallest absolute Gasteiger partial charge is 0.246 e. The highest BCUT2D eigenvalue weighted by molar-refractivity contribution is 5.77. The van der Waals surface area contributed by atoms with Gasteiger partial charge < -0.3 is 15.4 Å². The van der Waals surface area contributed by atoms with E-state index in [1.54, 1.807) is 0 Å². The van der Waals surface area contributed by atoms with Crippen LogP contribution in [0, 0.1) is 0 Å². The third-order valence-corrected chi connectivity index (χ3v) is 2.83. The van der Waals surface area contributed by atoms with Crippen molar-refractivity contribution in [2.24, 2.45) is 0 Å². The van der Waals surface area contributed by atoms with E-state index in [-0.39, 0.29) is 12.5 Å². The number of rotatable bonds is 5. The van der Waals surface area contributed by atoms with Gasteiger partial charge in [0.25, 0.3) is 0 Å². The van der Waals surface area contributed by atoms with Gasteiger partial charge in [-0.1, -0.05) is 18.2 Å². The number of hydrogen-bond acceptors (Lipinski definition) is 3. The van der Waals surface area contributed by atoms with Gasteiger partial charge in [0.05, 0.1) is 0 Å². The molecule has 0 radical (unpaired) electrons. The summed E-state index contributed by atoms with van der Waals surface area (Å²) >= 11 is 0. The van der Waals surface area contributed by atoms with E-state index in [0.717, 1.165) is 18.7 Å². The summed E-state index contributed by atoms with van der Waals surface area (Å²) in [6.45, 7) is 5.03. The summed E-state index contributed by atoms with van der Waals surface area (Å²) in [4.78, 5) is 11.4. The average Bonchev–Trinajstić information content (AvgIpc) is 2.81. The number of benzene rings is 1. The maximum Gasteiger partial charge on any atom is 0.246 e. The molecule has 1 heterocycles. The van der Waals surface area contributed by atoms with Crippen LogP contribution in [0.5, 0.6) is 0 Å². The molecule has 2 N–H and O–H groups in total. The van der Waals surface area contributed by atoms with E-state index in [9.17, 15) is 4.79 Å². The summed E-state index contributed by atoms with van der Waals surface area (Å²) in [5, 5.41) is 6.14. The lowest BCUT2D eigenvalue weighted by Crippen LogP contribution is -2.27. The first-order chi connectivity index (χ1) is 8.29. The van der Waals surface area contributed by atoms with Gasteiger partial charge in [-0.3, -0.25) is 4.79 Å². The molecule has 1 aliphatic rings. The second-order valence-corrected chi connectivity index (χ2v) is 4.12. The van der Waals surface area contributed by atoms with Gasteiger partial charge in [-0.05, 0) is 23.6 Å². The topological polar surface area (TPSA) is 50.4 Å². The van der Waals surface area contributed by atoms with Crippen molar-refractivity contribution in [2.45, 2.75) is 26.6 Å². The minimum absolute atomic E-state index is 0.0644. The molecule has 4 nitrogen and oxygen atoms in total. The van der Waals surface area contributed by atoms with Crippen LogP contribution in [0.15, 0.2) is 18.2 Å². The van der Waals surface area contributed by atoms with Crippen molar-refractivity contribution in [3.63, 3.8) is 0 Å². The molecule has 0 fully saturated rings. The summed E-state index contributed by atoms with van der Waals surface area (Å²) in [6, 6.07) is 6.34. The minimum Gasteiger partial charge on any atom is -0.372 e. The van der Waals surface area contributed by atoms with Crippen molar-refractivity contribution in [1.29, 1.82) is 0 Å². The van der Waals surface area contributed by atoms with Gasteiger partial charge in [0.1, 0.15) is 6.61 Å². The zero-order chi connectivity index (χ0) is 12.1. The molecule has 0 aromatic heterocycles. The lowest BCUT2D eigenvalue weighted by molar-refractivity contribution is -0.125. The predicted molar refractivity (Wildman–Crippen MR) is 65.3 cm³/mol. The van der Waals surface area contributed by atoms with Gasteiger partial charge in [0, 0.05) is 26.2 Å². The first-order valence-corrected chi connectivity index (χ1v) is 5.95. The standard InChI is InChI=1S/C13H18N2O2/c1-2-17-9-13(16)15-6-10-3-4-11-7-14-8-12(11)5-10/h3-5,14H,2,6-9H2,1H3,(H,15,16). The van der Waals surface area contributed by atoms with Crippen LogP contribution in [0.1, 0.15) is 23.6 Å². The van der Waals surface area contributed by atoms with Crippen LogP contribution in [0.3, 0.4) is 0 Å². The first kappa shape index (κ1) is 12.1. The van der Waals surface area contributed by atoms with Crippen LogP contribution >= 0.6 is 0 Å². The number of amides is 1. The first-order valence-electron chi connectivity index (χ1n) is 5.95. The van der Waals surface area contributed by atoms with Crippen LogP contribution in [-0.4, -0.2) is 19.1 Å². The lowest BCUT2D eigenvalue weighted by Gasteiger charge is -2.07. The molecule has 1 aromatic carbocycles. The summed E-state index contributed by atoms with van der Waals surface area (Å²) in [7, 11) is 0. The second kappa shape index (κ2) is 5.80.